The van der Waals surface area contributed by atoms with Crippen molar-refractivity contribution in [3.05, 3.63) is 76.0 Å². The van der Waals surface area contributed by atoms with E-state index in [0.717, 1.165) is 41.3 Å². The predicted octanol–water partition coefficient (Wildman–Crippen LogP) is 4.06. The number of alkyl halides is 3. The molecular weight excluding hydrogens is 567 g/mol. The third-order valence-corrected chi connectivity index (χ3v) is 7.41. The molecule has 1 atom stereocenters. The standard InChI is InChI=1S/C26H30F3N5O6S/c1-2-3-4-15-40-23(13-14-33(36)37)25(35)32-41(38,39)21-11-9-20(10-12-21)34-22(16-24(31-34)26(27,28)29)19-7-5-18(17-30)6-8-19/h5-12,16,23H,2-4,13-15,17,30H2,1H3,(H,32,35). The molecular formula is C26H30F3N5O6S. The van der Waals surface area contributed by atoms with Crippen molar-refractivity contribution in [2.75, 3.05) is 13.2 Å². The molecule has 15 heteroatoms. The summed E-state index contributed by atoms with van der Waals surface area (Å²) in [6.45, 7) is 1.74. The molecule has 41 heavy (non-hydrogen) atoms. The van der Waals surface area contributed by atoms with E-state index in [2.05, 4.69) is 5.10 Å². The van der Waals surface area contributed by atoms with Gasteiger partial charge in [0, 0.05) is 30.1 Å². The molecule has 1 heterocycles. The number of hydrogen-bond donors (Lipinski definition) is 2. The number of halogens is 3. The number of carbonyl (C=O) groups excluding carboxylic acids is 1. The van der Waals surface area contributed by atoms with Gasteiger partial charge < -0.3 is 10.5 Å². The number of rotatable bonds is 14. The van der Waals surface area contributed by atoms with E-state index >= 15 is 0 Å². The minimum absolute atomic E-state index is 0.110. The summed E-state index contributed by atoms with van der Waals surface area (Å²) < 4.78 is 74.6. The summed E-state index contributed by atoms with van der Waals surface area (Å²) in [5.41, 5.74) is 5.90. The molecule has 3 N–H and O–H groups in total. The highest BCUT2D eigenvalue weighted by molar-refractivity contribution is 7.90. The van der Waals surface area contributed by atoms with Crippen LogP contribution in [0.1, 0.15) is 43.9 Å². The van der Waals surface area contributed by atoms with E-state index in [9.17, 15) is 36.5 Å². The number of nitrogens with zero attached hydrogens (tertiary/aromatic N) is 3. The summed E-state index contributed by atoms with van der Waals surface area (Å²) in [5, 5.41) is 14.5. The lowest BCUT2D eigenvalue weighted by Crippen LogP contribution is -2.41. The number of unbranched alkanes of at least 4 members (excludes halogenated alkanes) is 2. The van der Waals surface area contributed by atoms with Gasteiger partial charge in [-0.05, 0) is 42.3 Å². The van der Waals surface area contributed by atoms with Gasteiger partial charge in [-0.1, -0.05) is 44.0 Å². The number of nitrogens with one attached hydrogen (secondary N) is 1. The molecule has 0 aliphatic rings. The van der Waals surface area contributed by atoms with Crippen LogP contribution in [-0.2, 0) is 32.3 Å². The first-order chi connectivity index (χ1) is 19.4. The first kappa shape index (κ1) is 31.7. The van der Waals surface area contributed by atoms with Crippen molar-refractivity contribution in [3.8, 4) is 16.9 Å². The molecule has 0 bridgehead atoms. The second-order valence-corrected chi connectivity index (χ2v) is 10.8. The Balaban J connectivity index is 1.85. The average Bonchev–Trinajstić information content (AvgIpc) is 3.39. The van der Waals surface area contributed by atoms with Crippen LogP contribution in [-0.4, -0.2) is 48.3 Å². The maximum Gasteiger partial charge on any atom is 0.435 e. The van der Waals surface area contributed by atoms with Crippen LogP contribution in [0.15, 0.2) is 59.5 Å². The predicted molar refractivity (Wildman–Crippen MR) is 143 cm³/mol. The van der Waals surface area contributed by atoms with E-state index < -0.39 is 45.4 Å². The summed E-state index contributed by atoms with van der Waals surface area (Å²) in [7, 11) is -4.44. The van der Waals surface area contributed by atoms with Gasteiger partial charge in [0.1, 0.15) is 6.10 Å². The van der Waals surface area contributed by atoms with Gasteiger partial charge in [-0.3, -0.25) is 14.9 Å². The molecule has 0 aliphatic carbocycles. The van der Waals surface area contributed by atoms with E-state index in [-0.39, 0.29) is 35.8 Å². The highest BCUT2D eigenvalue weighted by Crippen LogP contribution is 2.33. The van der Waals surface area contributed by atoms with Crippen LogP contribution < -0.4 is 10.5 Å². The van der Waals surface area contributed by atoms with Gasteiger partial charge in [-0.15, -0.1) is 0 Å². The Kier molecular flexibility index (Phi) is 10.6. The second-order valence-electron chi connectivity index (χ2n) is 9.10. The molecule has 0 fully saturated rings. The number of nitro groups is 1. The monoisotopic (exact) mass is 597 g/mol. The molecule has 3 aromatic rings. The molecule has 1 aromatic heterocycles. The molecule has 1 unspecified atom stereocenters. The van der Waals surface area contributed by atoms with Gasteiger partial charge in [-0.25, -0.2) is 17.8 Å². The first-order valence-corrected chi connectivity index (χ1v) is 14.2. The number of nitrogens with two attached hydrogens (primary N) is 1. The number of amides is 1. The zero-order valence-electron chi connectivity index (χ0n) is 22.1. The first-order valence-electron chi connectivity index (χ1n) is 12.7. The number of benzene rings is 2. The minimum atomic E-state index is -4.73. The van der Waals surface area contributed by atoms with E-state index in [1.165, 1.54) is 12.1 Å². The van der Waals surface area contributed by atoms with Crippen molar-refractivity contribution in [3.63, 3.8) is 0 Å². The molecule has 0 radical (unpaired) electrons. The highest BCUT2D eigenvalue weighted by Gasteiger charge is 2.35. The molecule has 0 spiro atoms. The van der Waals surface area contributed by atoms with E-state index in [1.807, 2.05) is 11.6 Å². The number of hydrogen-bond acceptors (Lipinski definition) is 8. The molecule has 11 nitrogen and oxygen atoms in total. The number of aromatic nitrogens is 2. The van der Waals surface area contributed by atoms with Crippen molar-refractivity contribution < 1.29 is 36.0 Å². The molecule has 2 aromatic carbocycles. The fraction of sp³-hybridized carbons (Fsp3) is 0.385. The van der Waals surface area contributed by atoms with Gasteiger partial charge in [0.25, 0.3) is 15.9 Å². The van der Waals surface area contributed by atoms with Crippen molar-refractivity contribution in [2.24, 2.45) is 5.73 Å². The summed E-state index contributed by atoms with van der Waals surface area (Å²) >= 11 is 0. The third-order valence-electron chi connectivity index (χ3n) is 6.04. The number of sulfonamides is 1. The van der Waals surface area contributed by atoms with Crippen molar-refractivity contribution in [1.82, 2.24) is 14.5 Å². The SMILES string of the molecule is CCCCCOC(CC[N+](=O)[O-])C(=O)NS(=O)(=O)c1ccc(-n2nc(C(F)(F)F)cc2-c2ccc(CN)cc2)cc1. The smallest absolute Gasteiger partial charge is 0.368 e. The van der Waals surface area contributed by atoms with Crippen LogP contribution in [0, 0.1) is 10.1 Å². The zero-order valence-corrected chi connectivity index (χ0v) is 23.0. The maximum absolute atomic E-state index is 13.5. The molecule has 222 valence electrons. The van der Waals surface area contributed by atoms with Crippen LogP contribution in [0.4, 0.5) is 13.2 Å². The van der Waals surface area contributed by atoms with Crippen LogP contribution in [0.25, 0.3) is 16.9 Å². The fourth-order valence-corrected chi connectivity index (χ4v) is 4.86. The lowest BCUT2D eigenvalue weighted by Gasteiger charge is -2.16. The van der Waals surface area contributed by atoms with Crippen molar-refractivity contribution >= 4 is 15.9 Å². The molecule has 0 aliphatic heterocycles. The zero-order chi connectivity index (χ0) is 30.2. The van der Waals surface area contributed by atoms with E-state index in [4.69, 9.17) is 10.5 Å². The van der Waals surface area contributed by atoms with Crippen molar-refractivity contribution in [2.45, 2.75) is 56.3 Å². The normalized spacial score (nSPS) is 12.7. The largest absolute Gasteiger partial charge is 0.435 e. The molecule has 0 saturated heterocycles. The Morgan fingerprint density at radius 3 is 2.37 bits per heavy atom. The summed E-state index contributed by atoms with van der Waals surface area (Å²) in [4.78, 5) is 22.5. The van der Waals surface area contributed by atoms with E-state index in [1.54, 1.807) is 24.3 Å². The Hall–Kier alpha value is -3.82. The Morgan fingerprint density at radius 1 is 1.15 bits per heavy atom. The summed E-state index contributed by atoms with van der Waals surface area (Å²) in [5.74, 6) is -1.06. The minimum Gasteiger partial charge on any atom is -0.368 e. The van der Waals surface area contributed by atoms with Crippen LogP contribution in [0.2, 0.25) is 0 Å². The highest BCUT2D eigenvalue weighted by atomic mass is 32.2. The van der Waals surface area contributed by atoms with Gasteiger partial charge >= 0.3 is 6.18 Å². The number of carbonyl (C=O) groups is 1. The molecule has 0 saturated carbocycles. The lowest BCUT2D eigenvalue weighted by atomic mass is 10.1. The van der Waals surface area contributed by atoms with Crippen LogP contribution in [0.5, 0.6) is 0 Å². The quantitative estimate of drug-likeness (QED) is 0.160. The maximum atomic E-state index is 13.5. The fourth-order valence-electron chi connectivity index (χ4n) is 3.85. The van der Waals surface area contributed by atoms with Crippen molar-refractivity contribution in [1.29, 1.82) is 0 Å². The van der Waals surface area contributed by atoms with Crippen LogP contribution in [0.3, 0.4) is 0 Å². The average molecular weight is 598 g/mol. The Bertz CT molecular complexity index is 1440. The molecule has 1 amide bonds. The van der Waals surface area contributed by atoms with Gasteiger partial charge in [0.05, 0.1) is 16.3 Å². The summed E-state index contributed by atoms with van der Waals surface area (Å²) in [6.07, 6.45) is -4.14. The number of ether oxygens (including phenoxy) is 1. The third kappa shape index (κ3) is 8.58. The van der Waals surface area contributed by atoms with Gasteiger partial charge in [0.15, 0.2) is 5.69 Å². The topological polar surface area (TPSA) is 159 Å². The lowest BCUT2D eigenvalue weighted by molar-refractivity contribution is -0.481. The molecule has 3 rings (SSSR count). The van der Waals surface area contributed by atoms with E-state index in [0.29, 0.717) is 12.0 Å². The Labute approximate surface area is 234 Å². The van der Waals surface area contributed by atoms with Crippen LogP contribution >= 0.6 is 0 Å². The second kappa shape index (κ2) is 13.7. The van der Waals surface area contributed by atoms with Gasteiger partial charge in [-0.2, -0.15) is 18.3 Å². The Morgan fingerprint density at radius 2 is 1.80 bits per heavy atom. The summed E-state index contributed by atoms with van der Waals surface area (Å²) in [6, 6.07) is 12.1. The van der Waals surface area contributed by atoms with Gasteiger partial charge in [0.2, 0.25) is 6.54 Å².